The van der Waals surface area contributed by atoms with Gasteiger partial charge in [-0.05, 0) is 55.9 Å². The van der Waals surface area contributed by atoms with Crippen LogP contribution in [0.2, 0.25) is 0 Å². The van der Waals surface area contributed by atoms with Gasteiger partial charge in [-0.1, -0.05) is 0 Å². The van der Waals surface area contributed by atoms with Gasteiger partial charge in [0.15, 0.2) is 0 Å². The Morgan fingerprint density at radius 1 is 1.21 bits per heavy atom. The molecule has 2 atom stereocenters. The molecule has 150 valence electrons. The van der Waals surface area contributed by atoms with Crippen LogP contribution in [-0.2, 0) is 16.0 Å². The van der Waals surface area contributed by atoms with E-state index in [1.54, 1.807) is 4.90 Å². The zero-order valence-electron chi connectivity index (χ0n) is 16.5. The Labute approximate surface area is 165 Å². The summed E-state index contributed by atoms with van der Waals surface area (Å²) in [5.74, 6) is -0.296. The number of anilines is 1. The van der Waals surface area contributed by atoms with Crippen LogP contribution in [-0.4, -0.2) is 60.9 Å². The average molecular weight is 384 g/mol. The van der Waals surface area contributed by atoms with Crippen LogP contribution in [0.5, 0.6) is 0 Å². The highest BCUT2D eigenvalue weighted by molar-refractivity contribution is 6.00. The van der Waals surface area contributed by atoms with Crippen molar-refractivity contribution in [1.29, 1.82) is 0 Å². The maximum absolute atomic E-state index is 13.0. The van der Waals surface area contributed by atoms with Crippen molar-refractivity contribution in [2.24, 2.45) is 0 Å². The molecule has 3 aliphatic heterocycles. The lowest BCUT2D eigenvalue weighted by Crippen LogP contribution is -2.48. The van der Waals surface area contributed by atoms with Gasteiger partial charge in [-0.15, -0.1) is 0 Å². The summed E-state index contributed by atoms with van der Waals surface area (Å²) in [4.78, 5) is 40.0. The fourth-order valence-electron chi connectivity index (χ4n) is 4.80. The van der Waals surface area contributed by atoms with Gasteiger partial charge in [0.1, 0.15) is 0 Å². The first-order valence-corrected chi connectivity index (χ1v) is 10.1. The Bertz CT molecular complexity index is 797. The molecule has 2 unspecified atom stereocenters. The van der Waals surface area contributed by atoms with Crippen molar-refractivity contribution < 1.29 is 14.4 Å². The molecule has 7 nitrogen and oxygen atoms in total. The lowest BCUT2D eigenvalue weighted by atomic mass is 9.97. The van der Waals surface area contributed by atoms with Crippen molar-refractivity contribution >= 4 is 23.4 Å². The third kappa shape index (κ3) is 3.63. The topological polar surface area (TPSA) is 81.8 Å². The molecule has 2 N–H and O–H groups in total. The molecule has 0 spiro atoms. The average Bonchev–Trinajstić information content (AvgIpc) is 3.26. The monoisotopic (exact) mass is 384 g/mol. The number of hydrogen-bond donors (Lipinski definition) is 2. The van der Waals surface area contributed by atoms with Gasteiger partial charge in [0, 0.05) is 49.9 Å². The summed E-state index contributed by atoms with van der Waals surface area (Å²) in [7, 11) is 1.91. The van der Waals surface area contributed by atoms with E-state index in [-0.39, 0.29) is 30.3 Å². The number of amides is 3. The van der Waals surface area contributed by atoms with Crippen molar-refractivity contribution in [1.82, 2.24) is 15.5 Å². The van der Waals surface area contributed by atoms with E-state index in [0.717, 1.165) is 30.5 Å². The van der Waals surface area contributed by atoms with Gasteiger partial charge in [-0.3, -0.25) is 14.4 Å². The summed E-state index contributed by atoms with van der Waals surface area (Å²) in [6.45, 7) is 1.97. The van der Waals surface area contributed by atoms with Crippen LogP contribution in [0.15, 0.2) is 18.2 Å². The predicted octanol–water partition coefficient (Wildman–Crippen LogP) is 1.07. The molecule has 28 heavy (non-hydrogen) atoms. The van der Waals surface area contributed by atoms with Crippen LogP contribution in [0.3, 0.4) is 0 Å². The number of rotatable bonds is 4. The van der Waals surface area contributed by atoms with E-state index in [2.05, 4.69) is 10.6 Å². The summed E-state index contributed by atoms with van der Waals surface area (Å²) in [5, 5.41) is 6.17. The lowest BCUT2D eigenvalue weighted by Gasteiger charge is -2.35. The largest absolute Gasteiger partial charge is 0.347 e. The number of hydrogen-bond acceptors (Lipinski definition) is 4. The molecule has 1 aromatic rings. The van der Waals surface area contributed by atoms with Crippen LogP contribution in [0, 0.1) is 0 Å². The Kier molecular flexibility index (Phi) is 5.10. The number of benzene rings is 1. The molecular weight excluding hydrogens is 356 g/mol. The molecule has 2 bridgehead atoms. The zero-order valence-corrected chi connectivity index (χ0v) is 16.5. The van der Waals surface area contributed by atoms with Gasteiger partial charge in [-0.25, -0.2) is 0 Å². The number of carbonyl (C=O) groups is 3. The first kappa shape index (κ1) is 18.9. The fraction of sp³-hybridized carbons (Fsp3) is 0.571. The van der Waals surface area contributed by atoms with E-state index < -0.39 is 0 Å². The van der Waals surface area contributed by atoms with Crippen molar-refractivity contribution in [3.05, 3.63) is 29.3 Å². The lowest BCUT2D eigenvalue weighted by molar-refractivity contribution is -0.123. The molecule has 0 radical (unpaired) electrons. The van der Waals surface area contributed by atoms with Gasteiger partial charge >= 0.3 is 0 Å². The van der Waals surface area contributed by atoms with Crippen molar-refractivity contribution in [3.8, 4) is 0 Å². The van der Waals surface area contributed by atoms with Crippen molar-refractivity contribution in [3.63, 3.8) is 0 Å². The van der Waals surface area contributed by atoms with Crippen molar-refractivity contribution in [2.45, 2.75) is 57.2 Å². The van der Waals surface area contributed by atoms with Gasteiger partial charge in [0.05, 0.1) is 6.54 Å². The molecule has 4 rings (SSSR count). The second kappa shape index (κ2) is 7.54. The molecule has 2 saturated heterocycles. The highest BCUT2D eigenvalue weighted by Crippen LogP contribution is 2.32. The van der Waals surface area contributed by atoms with E-state index in [9.17, 15) is 14.4 Å². The Morgan fingerprint density at radius 3 is 2.61 bits per heavy atom. The molecule has 3 aliphatic rings. The molecule has 7 heteroatoms. The molecule has 0 aliphatic carbocycles. The first-order chi connectivity index (χ1) is 13.4. The fourth-order valence-corrected chi connectivity index (χ4v) is 4.80. The van der Waals surface area contributed by atoms with Gasteiger partial charge in [0.25, 0.3) is 5.91 Å². The van der Waals surface area contributed by atoms with Crippen LogP contribution in [0.1, 0.15) is 48.5 Å². The van der Waals surface area contributed by atoms with E-state index in [0.29, 0.717) is 24.2 Å². The van der Waals surface area contributed by atoms with Crippen LogP contribution >= 0.6 is 0 Å². The summed E-state index contributed by atoms with van der Waals surface area (Å²) >= 11 is 0. The normalized spacial score (nSPS) is 25.4. The quantitative estimate of drug-likeness (QED) is 0.814. The number of carbonyl (C=O) groups excluding carboxylic acids is 3. The minimum absolute atomic E-state index is 0.00373. The van der Waals surface area contributed by atoms with Crippen LogP contribution < -0.4 is 15.5 Å². The van der Waals surface area contributed by atoms with E-state index in [1.807, 2.05) is 30.1 Å². The minimum Gasteiger partial charge on any atom is -0.347 e. The third-order valence-corrected chi connectivity index (χ3v) is 6.33. The number of nitrogens with zero attached hydrogens (tertiary/aromatic N) is 2. The zero-order chi connectivity index (χ0) is 19.8. The molecule has 0 saturated carbocycles. The summed E-state index contributed by atoms with van der Waals surface area (Å²) < 4.78 is 0. The Hall–Kier alpha value is -2.41. The van der Waals surface area contributed by atoms with Crippen LogP contribution in [0.25, 0.3) is 0 Å². The summed E-state index contributed by atoms with van der Waals surface area (Å²) in [5.41, 5.74) is 2.54. The smallest absolute Gasteiger partial charge is 0.253 e. The predicted molar refractivity (Wildman–Crippen MR) is 106 cm³/mol. The van der Waals surface area contributed by atoms with Gasteiger partial charge in [0.2, 0.25) is 11.8 Å². The summed E-state index contributed by atoms with van der Waals surface area (Å²) in [6, 6.07) is 6.98. The van der Waals surface area contributed by atoms with Gasteiger partial charge < -0.3 is 20.4 Å². The van der Waals surface area contributed by atoms with Crippen molar-refractivity contribution in [2.75, 3.05) is 25.0 Å². The van der Waals surface area contributed by atoms with E-state index in [1.165, 1.54) is 19.8 Å². The standard InChI is InChI=1S/C21H28N4O3/c1-13(26)22-12-20(27)25-8-7-14-9-15(3-6-19(14)25)21(28)24(2)18-10-16-4-5-17(11-18)23-16/h3,6,9,16-18,23H,4-5,7-8,10-12H2,1-2H3,(H,22,26). The molecule has 0 aromatic heterocycles. The minimum atomic E-state index is -0.219. The third-order valence-electron chi connectivity index (χ3n) is 6.33. The molecule has 1 aromatic carbocycles. The van der Waals surface area contributed by atoms with Crippen LogP contribution in [0.4, 0.5) is 5.69 Å². The van der Waals surface area contributed by atoms with Gasteiger partial charge in [-0.2, -0.15) is 0 Å². The maximum atomic E-state index is 13.0. The second-order valence-electron chi connectivity index (χ2n) is 8.23. The highest BCUT2D eigenvalue weighted by Gasteiger charge is 2.36. The van der Waals surface area contributed by atoms with E-state index in [4.69, 9.17) is 0 Å². The molecular formula is C21H28N4O3. The number of fused-ring (bicyclic) bond motifs is 3. The van der Waals surface area contributed by atoms with E-state index >= 15 is 0 Å². The molecule has 2 fully saturated rings. The Balaban J connectivity index is 1.44. The second-order valence-corrected chi connectivity index (χ2v) is 8.23. The number of piperidine rings is 1. The number of nitrogens with one attached hydrogen (secondary N) is 2. The SMILES string of the molecule is CC(=O)NCC(=O)N1CCc2cc(C(=O)N(C)C3CC4CCC(C3)N4)ccc21. The highest BCUT2D eigenvalue weighted by atomic mass is 16.2. The first-order valence-electron chi connectivity index (χ1n) is 10.1. The molecule has 3 amide bonds. The Morgan fingerprint density at radius 2 is 1.93 bits per heavy atom. The summed E-state index contributed by atoms with van der Waals surface area (Å²) in [6.07, 6.45) is 5.20. The maximum Gasteiger partial charge on any atom is 0.253 e. The molecule has 3 heterocycles.